The average Bonchev–Trinajstić information content (AvgIpc) is 2.19. The van der Waals surface area contributed by atoms with E-state index in [9.17, 15) is 0 Å². The van der Waals surface area contributed by atoms with Gasteiger partial charge in [0.1, 0.15) is 5.82 Å². The standard InChI is InChI=1S/C11H12BrN3/c1-7-14-10-3-2-8(12)6-9(10)11(15-7)4-5-13/h2-3,6H,4-5,13H2,1H3. The maximum atomic E-state index is 5.57. The van der Waals surface area contributed by atoms with Crippen LogP contribution in [0.5, 0.6) is 0 Å². The van der Waals surface area contributed by atoms with Crippen molar-refractivity contribution in [3.05, 3.63) is 34.2 Å². The Morgan fingerprint density at radius 2 is 2.13 bits per heavy atom. The van der Waals surface area contributed by atoms with Gasteiger partial charge < -0.3 is 5.73 Å². The molecule has 0 saturated heterocycles. The van der Waals surface area contributed by atoms with Crippen LogP contribution in [0.4, 0.5) is 0 Å². The molecule has 0 aliphatic heterocycles. The van der Waals surface area contributed by atoms with Crippen molar-refractivity contribution >= 4 is 26.8 Å². The Morgan fingerprint density at radius 1 is 1.33 bits per heavy atom. The third-order valence-corrected chi connectivity index (χ3v) is 2.72. The first-order chi connectivity index (χ1) is 7.20. The minimum atomic E-state index is 0.609. The van der Waals surface area contributed by atoms with Crippen molar-refractivity contribution in [3.63, 3.8) is 0 Å². The summed E-state index contributed by atoms with van der Waals surface area (Å²) in [7, 11) is 0. The van der Waals surface area contributed by atoms with E-state index >= 15 is 0 Å². The Morgan fingerprint density at radius 3 is 2.87 bits per heavy atom. The third kappa shape index (κ3) is 2.16. The first kappa shape index (κ1) is 10.5. The summed E-state index contributed by atoms with van der Waals surface area (Å²) in [6.07, 6.45) is 0.788. The number of fused-ring (bicyclic) bond motifs is 1. The molecule has 1 aromatic heterocycles. The van der Waals surface area contributed by atoms with E-state index in [2.05, 4.69) is 25.9 Å². The zero-order valence-corrected chi connectivity index (χ0v) is 10.1. The van der Waals surface area contributed by atoms with Crippen LogP contribution in [-0.4, -0.2) is 16.5 Å². The number of nitrogens with two attached hydrogens (primary N) is 1. The van der Waals surface area contributed by atoms with E-state index < -0.39 is 0 Å². The molecule has 0 amide bonds. The van der Waals surface area contributed by atoms with Gasteiger partial charge in [-0.25, -0.2) is 9.97 Å². The van der Waals surface area contributed by atoms with Crippen molar-refractivity contribution in [1.29, 1.82) is 0 Å². The number of aromatic nitrogens is 2. The fourth-order valence-corrected chi connectivity index (χ4v) is 1.98. The molecule has 0 radical (unpaired) electrons. The number of nitrogens with zero attached hydrogens (tertiary/aromatic N) is 2. The largest absolute Gasteiger partial charge is 0.330 e. The van der Waals surface area contributed by atoms with Crippen LogP contribution < -0.4 is 5.73 Å². The van der Waals surface area contributed by atoms with E-state index in [1.165, 1.54) is 0 Å². The first-order valence-corrected chi connectivity index (χ1v) is 5.63. The molecule has 15 heavy (non-hydrogen) atoms. The van der Waals surface area contributed by atoms with Gasteiger partial charge in [0, 0.05) is 16.3 Å². The van der Waals surface area contributed by atoms with Crippen molar-refractivity contribution < 1.29 is 0 Å². The van der Waals surface area contributed by atoms with Gasteiger partial charge in [-0.15, -0.1) is 0 Å². The highest BCUT2D eigenvalue weighted by molar-refractivity contribution is 9.10. The molecule has 1 aromatic carbocycles. The van der Waals surface area contributed by atoms with Crippen LogP contribution in [0.3, 0.4) is 0 Å². The van der Waals surface area contributed by atoms with E-state index in [-0.39, 0.29) is 0 Å². The molecule has 0 spiro atoms. The zero-order chi connectivity index (χ0) is 10.8. The fraction of sp³-hybridized carbons (Fsp3) is 0.273. The maximum absolute atomic E-state index is 5.57. The molecule has 0 unspecified atom stereocenters. The number of hydrogen-bond acceptors (Lipinski definition) is 3. The van der Waals surface area contributed by atoms with E-state index in [0.29, 0.717) is 6.54 Å². The molecular formula is C11H12BrN3. The van der Waals surface area contributed by atoms with Crippen LogP contribution in [0.1, 0.15) is 11.5 Å². The Bertz CT molecular complexity index is 496. The van der Waals surface area contributed by atoms with Crippen molar-refractivity contribution in [1.82, 2.24) is 9.97 Å². The van der Waals surface area contributed by atoms with E-state index in [1.807, 2.05) is 25.1 Å². The van der Waals surface area contributed by atoms with Gasteiger partial charge in [-0.3, -0.25) is 0 Å². The summed E-state index contributed by atoms with van der Waals surface area (Å²) in [6, 6.07) is 6.02. The second-order valence-electron chi connectivity index (χ2n) is 3.42. The highest BCUT2D eigenvalue weighted by Crippen LogP contribution is 2.21. The van der Waals surface area contributed by atoms with Gasteiger partial charge in [-0.2, -0.15) is 0 Å². The zero-order valence-electron chi connectivity index (χ0n) is 8.50. The van der Waals surface area contributed by atoms with Gasteiger partial charge in [0.25, 0.3) is 0 Å². The SMILES string of the molecule is Cc1nc(CCN)c2cc(Br)ccc2n1. The molecule has 0 atom stereocenters. The first-order valence-electron chi connectivity index (χ1n) is 4.83. The molecular weight excluding hydrogens is 254 g/mol. The Kier molecular flexibility index (Phi) is 2.98. The lowest BCUT2D eigenvalue weighted by atomic mass is 10.1. The summed E-state index contributed by atoms with van der Waals surface area (Å²) < 4.78 is 1.04. The lowest BCUT2D eigenvalue weighted by Crippen LogP contribution is -2.06. The normalized spacial score (nSPS) is 10.9. The molecule has 0 saturated carbocycles. The topological polar surface area (TPSA) is 51.8 Å². The van der Waals surface area contributed by atoms with Gasteiger partial charge in [-0.05, 0) is 31.7 Å². The number of halogens is 1. The highest BCUT2D eigenvalue weighted by Gasteiger charge is 2.05. The predicted octanol–water partition coefficient (Wildman–Crippen LogP) is 2.20. The van der Waals surface area contributed by atoms with Gasteiger partial charge in [0.15, 0.2) is 0 Å². The molecule has 78 valence electrons. The summed E-state index contributed by atoms with van der Waals surface area (Å²) in [6.45, 7) is 2.51. The van der Waals surface area contributed by atoms with E-state index in [4.69, 9.17) is 5.73 Å². The summed E-state index contributed by atoms with van der Waals surface area (Å²) >= 11 is 3.45. The molecule has 2 aromatic rings. The summed E-state index contributed by atoms with van der Waals surface area (Å²) in [5.41, 5.74) is 7.58. The third-order valence-electron chi connectivity index (χ3n) is 2.23. The molecule has 1 heterocycles. The van der Waals surface area contributed by atoms with Crippen LogP contribution >= 0.6 is 15.9 Å². The minimum absolute atomic E-state index is 0.609. The van der Waals surface area contributed by atoms with Crippen LogP contribution in [0.15, 0.2) is 22.7 Å². The van der Waals surface area contributed by atoms with Crippen LogP contribution in [-0.2, 0) is 6.42 Å². The van der Waals surface area contributed by atoms with Crippen molar-refractivity contribution in [2.75, 3.05) is 6.54 Å². The minimum Gasteiger partial charge on any atom is -0.330 e. The molecule has 3 nitrogen and oxygen atoms in total. The van der Waals surface area contributed by atoms with Gasteiger partial charge >= 0.3 is 0 Å². The van der Waals surface area contributed by atoms with Crippen LogP contribution in [0.2, 0.25) is 0 Å². The van der Waals surface area contributed by atoms with Crippen molar-refractivity contribution in [2.45, 2.75) is 13.3 Å². The molecule has 0 bridgehead atoms. The highest BCUT2D eigenvalue weighted by atomic mass is 79.9. The molecule has 0 aliphatic rings. The summed E-state index contributed by atoms with van der Waals surface area (Å²) in [5.74, 6) is 0.799. The lowest BCUT2D eigenvalue weighted by molar-refractivity contribution is 0.907. The van der Waals surface area contributed by atoms with E-state index in [0.717, 1.165) is 33.3 Å². The number of aryl methyl sites for hydroxylation is 1. The monoisotopic (exact) mass is 265 g/mol. The molecule has 4 heteroatoms. The Labute approximate surface area is 96.9 Å². The fourth-order valence-electron chi connectivity index (χ4n) is 1.62. The molecule has 0 aliphatic carbocycles. The van der Waals surface area contributed by atoms with Gasteiger partial charge in [-0.1, -0.05) is 15.9 Å². The quantitative estimate of drug-likeness (QED) is 0.906. The number of hydrogen-bond donors (Lipinski definition) is 1. The summed E-state index contributed by atoms with van der Waals surface area (Å²) in [5, 5.41) is 1.08. The average molecular weight is 266 g/mol. The van der Waals surface area contributed by atoms with Crippen LogP contribution in [0, 0.1) is 6.92 Å². The predicted molar refractivity (Wildman–Crippen MR) is 64.7 cm³/mol. The Hall–Kier alpha value is -1.00. The Balaban J connectivity index is 2.70. The van der Waals surface area contributed by atoms with Crippen LogP contribution in [0.25, 0.3) is 10.9 Å². The van der Waals surface area contributed by atoms with Gasteiger partial charge in [0.05, 0.1) is 11.2 Å². The number of rotatable bonds is 2. The smallest absolute Gasteiger partial charge is 0.126 e. The molecule has 2 N–H and O–H groups in total. The maximum Gasteiger partial charge on any atom is 0.126 e. The van der Waals surface area contributed by atoms with E-state index in [1.54, 1.807) is 0 Å². The van der Waals surface area contributed by atoms with Crippen molar-refractivity contribution in [3.8, 4) is 0 Å². The lowest BCUT2D eigenvalue weighted by Gasteiger charge is -2.05. The molecule has 0 fully saturated rings. The number of benzene rings is 1. The second kappa shape index (κ2) is 4.24. The second-order valence-corrected chi connectivity index (χ2v) is 4.33. The summed E-state index contributed by atoms with van der Waals surface area (Å²) in [4.78, 5) is 8.81. The van der Waals surface area contributed by atoms with Crippen molar-refractivity contribution in [2.24, 2.45) is 5.73 Å². The molecule has 2 rings (SSSR count). The van der Waals surface area contributed by atoms with Gasteiger partial charge in [0.2, 0.25) is 0 Å².